The first kappa shape index (κ1) is 11.8. The Bertz CT molecular complexity index is 452. The number of nitrogens with zero attached hydrogens (tertiary/aromatic N) is 1. The zero-order valence-corrected chi connectivity index (χ0v) is 8.15. The summed E-state index contributed by atoms with van der Waals surface area (Å²) in [6, 6.07) is 0. The summed E-state index contributed by atoms with van der Waals surface area (Å²) in [6.07, 6.45) is 0.171. The van der Waals surface area contributed by atoms with Crippen LogP contribution in [0.3, 0.4) is 0 Å². The van der Waals surface area contributed by atoms with Gasteiger partial charge in [-0.15, -0.1) is 6.42 Å². The minimum Gasteiger partial charge on any atom is -0.391 e. The normalized spacial score (nSPS) is 11.4. The van der Waals surface area contributed by atoms with E-state index in [0.717, 1.165) is 0 Å². The molecule has 0 fully saturated rings. The molecule has 0 spiro atoms. The number of thiazole rings is 1. The van der Waals surface area contributed by atoms with Crippen molar-refractivity contribution in [2.75, 3.05) is 0 Å². The van der Waals surface area contributed by atoms with Gasteiger partial charge in [-0.25, -0.2) is 0 Å². The third-order valence-electron chi connectivity index (χ3n) is 1.63. The minimum absolute atomic E-state index is 0.350. The molecule has 0 aliphatic rings. The Morgan fingerprint density at radius 1 is 1.53 bits per heavy atom. The third-order valence-corrected chi connectivity index (χ3v) is 2.59. The van der Waals surface area contributed by atoms with Crippen molar-refractivity contribution in [3.8, 4) is 12.3 Å². The lowest BCUT2D eigenvalue weighted by atomic mass is 10.3. The quantitative estimate of drug-likeness (QED) is 0.781. The standard InChI is InChI=1S/C8H6F3NO2S/c1-2-3-12-6(8(9,10)11)5(4-13)15-7(12)14/h1,13H,3-4H2. The van der Waals surface area contributed by atoms with Gasteiger partial charge in [0.2, 0.25) is 0 Å². The van der Waals surface area contributed by atoms with E-state index in [1.54, 1.807) is 0 Å². The van der Waals surface area contributed by atoms with Crippen molar-refractivity contribution >= 4 is 11.3 Å². The summed E-state index contributed by atoms with van der Waals surface area (Å²) in [7, 11) is 0. The van der Waals surface area contributed by atoms with Crippen LogP contribution in [0.15, 0.2) is 4.79 Å². The van der Waals surface area contributed by atoms with Crippen LogP contribution in [0.2, 0.25) is 0 Å². The van der Waals surface area contributed by atoms with Gasteiger partial charge in [-0.3, -0.25) is 9.36 Å². The van der Waals surface area contributed by atoms with Crippen LogP contribution in [0.1, 0.15) is 10.6 Å². The van der Waals surface area contributed by atoms with E-state index in [1.165, 1.54) is 0 Å². The molecule has 1 N–H and O–H groups in total. The SMILES string of the molecule is C#CCn1c(C(F)(F)F)c(CO)sc1=O. The number of terminal acetylenes is 1. The second kappa shape index (κ2) is 4.08. The van der Waals surface area contributed by atoms with Gasteiger partial charge in [0.25, 0.3) is 0 Å². The van der Waals surface area contributed by atoms with Crippen molar-refractivity contribution in [3.05, 3.63) is 20.2 Å². The largest absolute Gasteiger partial charge is 0.432 e. The number of halogens is 3. The molecule has 0 saturated carbocycles. The van der Waals surface area contributed by atoms with Gasteiger partial charge >= 0.3 is 11.0 Å². The van der Waals surface area contributed by atoms with Crippen LogP contribution in [0.25, 0.3) is 0 Å². The molecule has 1 aromatic rings. The lowest BCUT2D eigenvalue weighted by Gasteiger charge is -2.09. The van der Waals surface area contributed by atoms with Gasteiger partial charge in [0, 0.05) is 0 Å². The molecule has 82 valence electrons. The first-order valence-electron chi connectivity index (χ1n) is 3.75. The number of aromatic nitrogens is 1. The van der Waals surface area contributed by atoms with E-state index in [0.29, 0.717) is 15.9 Å². The van der Waals surface area contributed by atoms with Crippen molar-refractivity contribution in [1.29, 1.82) is 0 Å². The predicted molar refractivity (Wildman–Crippen MR) is 48.3 cm³/mol. The molecule has 15 heavy (non-hydrogen) atoms. The molecule has 0 radical (unpaired) electrons. The van der Waals surface area contributed by atoms with E-state index in [-0.39, 0.29) is 0 Å². The van der Waals surface area contributed by atoms with Crippen LogP contribution in [0.4, 0.5) is 13.2 Å². The third kappa shape index (κ3) is 2.22. The minimum atomic E-state index is -4.69. The number of aliphatic hydroxyl groups excluding tert-OH is 1. The molecular weight excluding hydrogens is 231 g/mol. The fourth-order valence-corrected chi connectivity index (χ4v) is 1.97. The highest BCUT2D eigenvalue weighted by molar-refractivity contribution is 7.09. The van der Waals surface area contributed by atoms with Crippen LogP contribution < -0.4 is 4.87 Å². The Morgan fingerprint density at radius 3 is 2.53 bits per heavy atom. The summed E-state index contributed by atoms with van der Waals surface area (Å²) in [5, 5.41) is 8.69. The molecule has 7 heteroatoms. The van der Waals surface area contributed by atoms with Gasteiger partial charge in [-0.05, 0) is 0 Å². The zero-order chi connectivity index (χ0) is 11.6. The fraction of sp³-hybridized carbons (Fsp3) is 0.375. The molecule has 1 heterocycles. The Hall–Kier alpha value is -1.26. The van der Waals surface area contributed by atoms with Crippen LogP contribution in [-0.2, 0) is 19.3 Å². The molecule has 1 aromatic heterocycles. The molecular formula is C8H6F3NO2S. The smallest absolute Gasteiger partial charge is 0.391 e. The molecule has 3 nitrogen and oxygen atoms in total. The predicted octanol–water partition coefficient (Wildman–Crippen LogP) is 1.05. The highest BCUT2D eigenvalue weighted by Gasteiger charge is 2.38. The molecule has 0 bridgehead atoms. The summed E-state index contributed by atoms with van der Waals surface area (Å²) in [4.78, 5) is 9.90. The summed E-state index contributed by atoms with van der Waals surface area (Å²) in [6.45, 7) is -1.28. The maximum Gasteiger partial charge on any atom is 0.432 e. The van der Waals surface area contributed by atoms with E-state index in [1.807, 2.05) is 5.92 Å². The van der Waals surface area contributed by atoms with Crippen molar-refractivity contribution in [2.45, 2.75) is 19.3 Å². The molecule has 1 rings (SSSR count). The Labute approximate surface area is 86.8 Å². The van der Waals surface area contributed by atoms with E-state index in [2.05, 4.69) is 0 Å². The van der Waals surface area contributed by atoms with E-state index in [4.69, 9.17) is 11.5 Å². The zero-order valence-electron chi connectivity index (χ0n) is 7.34. The summed E-state index contributed by atoms with van der Waals surface area (Å²) >= 11 is 0.350. The first-order valence-corrected chi connectivity index (χ1v) is 4.57. The number of hydrogen-bond donors (Lipinski definition) is 1. The van der Waals surface area contributed by atoms with Gasteiger partial charge in [0.05, 0.1) is 18.0 Å². The average Bonchev–Trinajstić information content (AvgIpc) is 2.43. The Morgan fingerprint density at radius 2 is 2.13 bits per heavy atom. The first-order chi connectivity index (χ1) is 6.91. The topological polar surface area (TPSA) is 42.2 Å². The van der Waals surface area contributed by atoms with Gasteiger partial charge < -0.3 is 5.11 Å². The Balaban J connectivity index is 3.44. The maximum atomic E-state index is 12.5. The van der Waals surface area contributed by atoms with Crippen molar-refractivity contribution in [3.63, 3.8) is 0 Å². The summed E-state index contributed by atoms with van der Waals surface area (Å²) in [5.74, 6) is 1.96. The summed E-state index contributed by atoms with van der Waals surface area (Å²) in [5.41, 5.74) is -1.15. The molecule has 0 atom stereocenters. The number of rotatable bonds is 2. The average molecular weight is 237 g/mol. The van der Waals surface area contributed by atoms with Gasteiger partial charge in [0.15, 0.2) is 0 Å². The van der Waals surface area contributed by atoms with Crippen molar-refractivity contribution < 1.29 is 18.3 Å². The molecule has 0 aromatic carbocycles. The monoisotopic (exact) mass is 237 g/mol. The van der Waals surface area contributed by atoms with Gasteiger partial charge in [-0.1, -0.05) is 17.3 Å². The Kier molecular flexibility index (Phi) is 3.21. The number of alkyl halides is 3. The van der Waals surface area contributed by atoms with E-state index < -0.39 is 34.8 Å². The van der Waals surface area contributed by atoms with Crippen molar-refractivity contribution in [1.82, 2.24) is 4.57 Å². The molecule has 0 amide bonds. The van der Waals surface area contributed by atoms with Crippen LogP contribution in [-0.4, -0.2) is 9.67 Å². The highest BCUT2D eigenvalue weighted by Crippen LogP contribution is 2.33. The van der Waals surface area contributed by atoms with Crippen LogP contribution in [0.5, 0.6) is 0 Å². The van der Waals surface area contributed by atoms with Gasteiger partial charge in [-0.2, -0.15) is 13.2 Å². The molecule has 0 unspecified atom stereocenters. The number of aliphatic hydroxyl groups is 1. The van der Waals surface area contributed by atoms with Gasteiger partial charge in [0.1, 0.15) is 5.69 Å². The maximum absolute atomic E-state index is 12.5. The molecule has 0 aliphatic carbocycles. The lowest BCUT2D eigenvalue weighted by molar-refractivity contribution is -0.144. The second-order valence-electron chi connectivity index (χ2n) is 2.59. The lowest BCUT2D eigenvalue weighted by Crippen LogP contribution is -2.21. The van der Waals surface area contributed by atoms with Crippen LogP contribution in [0, 0.1) is 12.3 Å². The number of hydrogen-bond acceptors (Lipinski definition) is 3. The van der Waals surface area contributed by atoms with E-state index in [9.17, 15) is 18.0 Å². The second-order valence-corrected chi connectivity index (χ2v) is 3.63. The fourth-order valence-electron chi connectivity index (χ4n) is 1.10. The molecule has 0 aliphatic heterocycles. The summed E-state index contributed by atoms with van der Waals surface area (Å²) < 4.78 is 37.9. The van der Waals surface area contributed by atoms with E-state index >= 15 is 0 Å². The van der Waals surface area contributed by atoms with Crippen molar-refractivity contribution in [2.24, 2.45) is 0 Å². The highest BCUT2D eigenvalue weighted by atomic mass is 32.1. The van der Waals surface area contributed by atoms with Crippen LogP contribution >= 0.6 is 11.3 Å². The molecule has 0 saturated heterocycles.